The van der Waals surface area contributed by atoms with Gasteiger partial charge in [-0.25, -0.2) is 0 Å². The zero-order valence-corrected chi connectivity index (χ0v) is 16.3. The van der Waals surface area contributed by atoms with Crippen LogP contribution >= 0.6 is 0 Å². The highest BCUT2D eigenvalue weighted by Gasteiger charge is 2.31. The van der Waals surface area contributed by atoms with Crippen LogP contribution in [0.15, 0.2) is 48.5 Å². The lowest BCUT2D eigenvalue weighted by molar-refractivity contribution is -0.141. The van der Waals surface area contributed by atoms with Gasteiger partial charge >= 0.3 is 5.97 Å². The molecule has 2 N–H and O–H groups in total. The molecule has 2 aromatic carbocycles. The maximum atomic E-state index is 12.8. The summed E-state index contributed by atoms with van der Waals surface area (Å²) in [6, 6.07) is 13.9. The Kier molecular flexibility index (Phi) is 6.49. The van der Waals surface area contributed by atoms with Gasteiger partial charge in [-0.1, -0.05) is 24.3 Å². The molecule has 0 fully saturated rings. The second kappa shape index (κ2) is 9.23. The van der Waals surface area contributed by atoms with Crippen LogP contribution in [-0.2, 0) is 22.6 Å². The fourth-order valence-corrected chi connectivity index (χ4v) is 3.49. The minimum atomic E-state index is -0.953. The van der Waals surface area contributed by atoms with Crippen LogP contribution in [0.3, 0.4) is 0 Å². The minimum absolute atomic E-state index is 0.132. The van der Waals surface area contributed by atoms with Gasteiger partial charge < -0.3 is 20.1 Å². The predicted octanol–water partition coefficient (Wildman–Crippen LogP) is 2.24. The van der Waals surface area contributed by atoms with Crippen molar-refractivity contribution in [3.05, 3.63) is 65.2 Å². The highest BCUT2D eigenvalue weighted by Crippen LogP contribution is 2.25. The highest BCUT2D eigenvalue weighted by atomic mass is 16.5. The Labute approximate surface area is 169 Å². The maximum absolute atomic E-state index is 12.8. The molecule has 0 saturated heterocycles. The SMILES string of the molecule is CCOc1ccc(C(=O)NCC(=O)N2Cc3ccccc3C[C@H]2CC(=O)O)cc1. The molecule has 0 bridgehead atoms. The van der Waals surface area contributed by atoms with E-state index in [0.717, 1.165) is 11.1 Å². The molecule has 1 aliphatic rings. The smallest absolute Gasteiger partial charge is 0.305 e. The first kappa shape index (κ1) is 20.4. The molecule has 0 aromatic heterocycles. The topological polar surface area (TPSA) is 95.9 Å². The third-order valence-corrected chi connectivity index (χ3v) is 4.91. The molecule has 2 amide bonds. The normalized spacial score (nSPS) is 15.3. The first-order chi connectivity index (χ1) is 14.0. The van der Waals surface area contributed by atoms with Gasteiger partial charge in [0.25, 0.3) is 5.91 Å². The molecule has 3 rings (SSSR count). The largest absolute Gasteiger partial charge is 0.494 e. The Bertz CT molecular complexity index is 894. The van der Waals surface area contributed by atoms with Crippen molar-refractivity contribution < 1.29 is 24.2 Å². The van der Waals surface area contributed by atoms with E-state index < -0.39 is 12.0 Å². The summed E-state index contributed by atoms with van der Waals surface area (Å²) in [5.41, 5.74) is 2.48. The molecule has 0 unspecified atom stereocenters. The minimum Gasteiger partial charge on any atom is -0.494 e. The standard InChI is InChI=1S/C22H24N2O5/c1-2-29-19-9-7-15(8-10-19)22(28)23-13-20(25)24-14-17-6-4-3-5-16(17)11-18(24)12-21(26)27/h3-10,18H,2,11-14H2,1H3,(H,23,28)(H,26,27)/t18-/m0/s1. The number of benzene rings is 2. The van der Waals surface area contributed by atoms with E-state index in [4.69, 9.17) is 4.74 Å². The van der Waals surface area contributed by atoms with Crippen molar-refractivity contribution in [2.75, 3.05) is 13.2 Å². The van der Waals surface area contributed by atoms with Crippen molar-refractivity contribution >= 4 is 17.8 Å². The average molecular weight is 396 g/mol. The van der Waals surface area contributed by atoms with E-state index in [2.05, 4.69) is 5.32 Å². The number of carbonyl (C=O) groups is 3. The molecule has 152 valence electrons. The zero-order valence-electron chi connectivity index (χ0n) is 16.3. The molecule has 7 nitrogen and oxygen atoms in total. The molecule has 7 heteroatoms. The molecule has 1 atom stereocenters. The van der Waals surface area contributed by atoms with E-state index >= 15 is 0 Å². The molecule has 2 aromatic rings. The number of nitrogens with zero attached hydrogens (tertiary/aromatic N) is 1. The van der Waals surface area contributed by atoms with Crippen molar-refractivity contribution in [1.29, 1.82) is 0 Å². The summed E-state index contributed by atoms with van der Waals surface area (Å²) in [4.78, 5) is 37.9. The van der Waals surface area contributed by atoms with Gasteiger partial charge in [0, 0.05) is 18.2 Å². The monoisotopic (exact) mass is 396 g/mol. The second-order valence-corrected chi connectivity index (χ2v) is 6.89. The second-order valence-electron chi connectivity index (χ2n) is 6.89. The molecule has 1 aliphatic heterocycles. The van der Waals surface area contributed by atoms with Gasteiger partial charge in [-0.15, -0.1) is 0 Å². The number of hydrogen-bond donors (Lipinski definition) is 2. The van der Waals surface area contributed by atoms with E-state index in [9.17, 15) is 19.5 Å². The first-order valence-electron chi connectivity index (χ1n) is 9.57. The Morgan fingerprint density at radius 2 is 1.79 bits per heavy atom. The lowest BCUT2D eigenvalue weighted by Gasteiger charge is -2.36. The molecule has 1 heterocycles. The van der Waals surface area contributed by atoms with Crippen LogP contribution < -0.4 is 10.1 Å². The Balaban J connectivity index is 1.64. The van der Waals surface area contributed by atoms with Crippen LogP contribution in [0.25, 0.3) is 0 Å². The van der Waals surface area contributed by atoms with Crippen molar-refractivity contribution in [2.45, 2.75) is 32.4 Å². The molecule has 29 heavy (non-hydrogen) atoms. The number of amides is 2. The predicted molar refractivity (Wildman–Crippen MR) is 107 cm³/mol. The summed E-state index contributed by atoms with van der Waals surface area (Å²) in [5.74, 6) is -0.951. The lowest BCUT2D eigenvalue weighted by atomic mass is 9.92. The van der Waals surface area contributed by atoms with Crippen LogP contribution in [0.4, 0.5) is 0 Å². The fourth-order valence-electron chi connectivity index (χ4n) is 3.49. The number of carbonyl (C=O) groups excluding carboxylic acids is 2. The lowest BCUT2D eigenvalue weighted by Crippen LogP contribution is -2.49. The van der Waals surface area contributed by atoms with E-state index in [0.29, 0.717) is 30.9 Å². The summed E-state index contributed by atoms with van der Waals surface area (Å²) >= 11 is 0. The molecular formula is C22H24N2O5. The average Bonchev–Trinajstić information content (AvgIpc) is 2.71. The van der Waals surface area contributed by atoms with E-state index in [1.807, 2.05) is 31.2 Å². The fraction of sp³-hybridized carbons (Fsp3) is 0.318. The van der Waals surface area contributed by atoms with Crippen LogP contribution in [0.1, 0.15) is 34.8 Å². The summed E-state index contributed by atoms with van der Waals surface area (Å²) in [5, 5.41) is 11.8. The number of carboxylic acids is 1. The number of carboxylic acid groups (broad SMARTS) is 1. The van der Waals surface area contributed by atoms with Crippen molar-refractivity contribution in [1.82, 2.24) is 10.2 Å². The van der Waals surface area contributed by atoms with Gasteiger partial charge in [0.2, 0.25) is 5.91 Å². The van der Waals surface area contributed by atoms with E-state index in [1.165, 1.54) is 0 Å². The zero-order chi connectivity index (χ0) is 20.8. The van der Waals surface area contributed by atoms with E-state index in [1.54, 1.807) is 29.2 Å². The number of rotatable bonds is 7. The number of ether oxygens (including phenoxy) is 1. The van der Waals surface area contributed by atoms with E-state index in [-0.39, 0.29) is 24.8 Å². The van der Waals surface area contributed by atoms with Gasteiger partial charge in [0.1, 0.15) is 5.75 Å². The van der Waals surface area contributed by atoms with Crippen LogP contribution in [0.5, 0.6) is 5.75 Å². The number of nitrogens with one attached hydrogen (secondary N) is 1. The third-order valence-electron chi connectivity index (χ3n) is 4.91. The van der Waals surface area contributed by atoms with Crippen LogP contribution in [0.2, 0.25) is 0 Å². The quantitative estimate of drug-likeness (QED) is 0.748. The van der Waals surface area contributed by atoms with Gasteiger partial charge in [0.15, 0.2) is 0 Å². The third kappa shape index (κ3) is 5.13. The van der Waals surface area contributed by atoms with Crippen LogP contribution in [-0.4, -0.2) is 47.0 Å². The Morgan fingerprint density at radius 3 is 2.45 bits per heavy atom. The summed E-state index contributed by atoms with van der Waals surface area (Å²) in [6.45, 7) is 2.57. The Hall–Kier alpha value is -3.35. The first-order valence-corrected chi connectivity index (χ1v) is 9.57. The van der Waals surface area contributed by atoms with Crippen molar-refractivity contribution in [2.24, 2.45) is 0 Å². The van der Waals surface area contributed by atoms with Crippen molar-refractivity contribution in [3.63, 3.8) is 0 Å². The number of aliphatic carboxylic acids is 1. The molecule has 0 radical (unpaired) electrons. The van der Waals surface area contributed by atoms with Gasteiger partial charge in [-0.3, -0.25) is 14.4 Å². The number of fused-ring (bicyclic) bond motifs is 1. The van der Waals surface area contributed by atoms with Gasteiger partial charge in [-0.05, 0) is 48.7 Å². The number of hydrogen-bond acceptors (Lipinski definition) is 4. The molecule has 0 saturated carbocycles. The van der Waals surface area contributed by atoms with Gasteiger partial charge in [0.05, 0.1) is 19.6 Å². The maximum Gasteiger partial charge on any atom is 0.305 e. The molecule has 0 spiro atoms. The Morgan fingerprint density at radius 1 is 1.10 bits per heavy atom. The highest BCUT2D eigenvalue weighted by molar-refractivity contribution is 5.96. The summed E-state index contributed by atoms with van der Waals surface area (Å²) in [7, 11) is 0. The van der Waals surface area contributed by atoms with Gasteiger partial charge in [-0.2, -0.15) is 0 Å². The van der Waals surface area contributed by atoms with Crippen molar-refractivity contribution in [3.8, 4) is 5.75 Å². The summed E-state index contributed by atoms with van der Waals surface area (Å²) < 4.78 is 5.35. The molecule has 0 aliphatic carbocycles. The van der Waals surface area contributed by atoms with Crippen LogP contribution in [0, 0.1) is 0 Å². The summed E-state index contributed by atoms with van der Waals surface area (Å²) in [6.07, 6.45) is 0.355. The molecular weight excluding hydrogens is 372 g/mol.